The lowest BCUT2D eigenvalue weighted by Crippen LogP contribution is -2.36. The maximum absolute atomic E-state index is 12.8. The monoisotopic (exact) mass is 399 g/mol. The summed E-state index contributed by atoms with van der Waals surface area (Å²) < 4.78 is 27.2. The lowest BCUT2D eigenvalue weighted by molar-refractivity contribution is 0.0729. The average Bonchev–Trinajstić information content (AvgIpc) is 3.15. The van der Waals surface area contributed by atoms with Crippen LogP contribution in [-0.4, -0.2) is 30.8 Å². The van der Waals surface area contributed by atoms with Crippen molar-refractivity contribution < 1.29 is 13.2 Å². The number of benzene rings is 2. The van der Waals surface area contributed by atoms with Gasteiger partial charge in [-0.05, 0) is 29.7 Å². The summed E-state index contributed by atoms with van der Waals surface area (Å²) in [6.07, 6.45) is 0.805. The number of sulfonamides is 1. The molecule has 0 unspecified atom stereocenters. The number of nitrogens with one attached hydrogen (secondary N) is 1. The van der Waals surface area contributed by atoms with E-state index in [2.05, 4.69) is 15.8 Å². The fourth-order valence-electron chi connectivity index (χ4n) is 3.02. The van der Waals surface area contributed by atoms with Crippen LogP contribution < -0.4 is 4.72 Å². The minimum absolute atomic E-state index is 0.153. The van der Waals surface area contributed by atoms with E-state index in [1.54, 1.807) is 28.5 Å². The molecule has 0 atom stereocenters. The highest BCUT2D eigenvalue weighted by molar-refractivity contribution is 7.93. The van der Waals surface area contributed by atoms with Crippen molar-refractivity contribution in [2.75, 3.05) is 11.3 Å². The molecule has 4 rings (SSSR count). The molecule has 0 fully saturated rings. The van der Waals surface area contributed by atoms with Crippen LogP contribution in [0.5, 0.6) is 0 Å². The van der Waals surface area contributed by atoms with Gasteiger partial charge in [-0.15, -0.1) is 11.3 Å². The van der Waals surface area contributed by atoms with Crippen molar-refractivity contribution >= 4 is 32.4 Å². The normalized spacial score (nSPS) is 13.9. The number of hydrogen-bond acceptors (Lipinski definition) is 5. The molecular weight excluding hydrogens is 382 g/mol. The number of nitrogens with zero attached hydrogens (tertiary/aromatic N) is 2. The molecule has 3 aromatic rings. The van der Waals surface area contributed by atoms with Crippen molar-refractivity contribution in [1.82, 2.24) is 9.88 Å². The zero-order chi connectivity index (χ0) is 18.9. The van der Waals surface area contributed by atoms with Crippen LogP contribution in [0.15, 0.2) is 64.9 Å². The Kier molecular flexibility index (Phi) is 4.67. The summed E-state index contributed by atoms with van der Waals surface area (Å²) in [5.41, 5.74) is 2.65. The molecule has 1 aromatic heterocycles. The Morgan fingerprint density at radius 1 is 1.04 bits per heavy atom. The standard InChI is InChI=1S/C19H17N3O3S2/c23-18(22-11-10-14-6-4-5-7-15(14)12-22)17-13-26-19(20-17)21-27(24,25)16-8-2-1-3-9-16/h1-9,13H,10-12H2,(H,20,21). The van der Waals surface area contributed by atoms with Crippen LogP contribution in [-0.2, 0) is 23.0 Å². The van der Waals surface area contributed by atoms with Crippen molar-refractivity contribution in [3.8, 4) is 0 Å². The Balaban J connectivity index is 1.49. The Morgan fingerprint density at radius 3 is 2.52 bits per heavy atom. The van der Waals surface area contributed by atoms with Crippen molar-refractivity contribution in [2.24, 2.45) is 0 Å². The van der Waals surface area contributed by atoms with Gasteiger partial charge in [0.15, 0.2) is 5.13 Å². The first kappa shape index (κ1) is 17.7. The summed E-state index contributed by atoms with van der Waals surface area (Å²) in [5, 5.41) is 1.77. The van der Waals surface area contributed by atoms with Gasteiger partial charge in [-0.2, -0.15) is 0 Å². The van der Waals surface area contributed by atoms with Crippen LogP contribution in [0.1, 0.15) is 21.6 Å². The molecule has 0 bridgehead atoms. The molecule has 0 aliphatic carbocycles. The Labute approximate surface area is 161 Å². The second kappa shape index (κ2) is 7.13. The summed E-state index contributed by atoms with van der Waals surface area (Å²) >= 11 is 1.10. The van der Waals surface area contributed by atoms with E-state index in [0.717, 1.165) is 23.3 Å². The first-order valence-corrected chi connectivity index (χ1v) is 10.8. The summed E-state index contributed by atoms with van der Waals surface area (Å²) in [6.45, 7) is 1.16. The van der Waals surface area contributed by atoms with E-state index in [-0.39, 0.29) is 21.6 Å². The zero-order valence-electron chi connectivity index (χ0n) is 14.3. The second-order valence-corrected chi connectivity index (χ2v) is 8.74. The van der Waals surface area contributed by atoms with Crippen LogP contribution in [0, 0.1) is 0 Å². The quantitative estimate of drug-likeness (QED) is 0.731. The molecule has 1 amide bonds. The first-order valence-electron chi connectivity index (χ1n) is 8.42. The van der Waals surface area contributed by atoms with Crippen molar-refractivity contribution in [2.45, 2.75) is 17.9 Å². The SMILES string of the molecule is O=C(c1csc(NS(=O)(=O)c2ccccc2)n1)N1CCc2ccccc2C1. The molecule has 0 spiro atoms. The summed E-state index contributed by atoms with van der Waals surface area (Å²) in [4.78, 5) is 18.8. The molecule has 138 valence electrons. The Morgan fingerprint density at radius 2 is 1.74 bits per heavy atom. The first-order chi connectivity index (χ1) is 13.0. The third kappa shape index (κ3) is 3.72. The number of fused-ring (bicyclic) bond motifs is 1. The van der Waals surface area contributed by atoms with Crippen molar-refractivity contribution in [3.63, 3.8) is 0 Å². The lowest BCUT2D eigenvalue weighted by atomic mass is 10.00. The fraction of sp³-hybridized carbons (Fsp3) is 0.158. The number of carbonyl (C=O) groups excluding carboxylic acids is 1. The predicted octanol–water partition coefficient (Wildman–Crippen LogP) is 3.14. The Hall–Kier alpha value is -2.71. The van der Waals surface area contributed by atoms with Crippen molar-refractivity contribution in [3.05, 3.63) is 76.8 Å². The van der Waals surface area contributed by atoms with E-state index in [9.17, 15) is 13.2 Å². The van der Waals surface area contributed by atoms with Gasteiger partial charge in [0.25, 0.3) is 15.9 Å². The fourth-order valence-corrected chi connectivity index (χ4v) is 4.98. The number of thiazole rings is 1. The van der Waals surface area contributed by atoms with E-state index < -0.39 is 10.0 Å². The second-order valence-electron chi connectivity index (χ2n) is 6.20. The molecule has 0 radical (unpaired) electrons. The highest BCUT2D eigenvalue weighted by Crippen LogP contribution is 2.24. The molecular formula is C19H17N3O3S2. The molecule has 27 heavy (non-hydrogen) atoms. The van der Waals surface area contributed by atoms with Crippen LogP contribution in [0.4, 0.5) is 5.13 Å². The highest BCUT2D eigenvalue weighted by atomic mass is 32.2. The number of rotatable bonds is 4. The molecule has 1 N–H and O–H groups in total. The largest absolute Gasteiger partial charge is 0.333 e. The van der Waals surface area contributed by atoms with Crippen molar-refractivity contribution in [1.29, 1.82) is 0 Å². The summed E-state index contributed by atoms with van der Waals surface area (Å²) in [5.74, 6) is -0.189. The number of hydrogen-bond donors (Lipinski definition) is 1. The summed E-state index contributed by atoms with van der Waals surface area (Å²) in [7, 11) is -3.72. The average molecular weight is 399 g/mol. The predicted molar refractivity (Wildman–Crippen MR) is 104 cm³/mol. The van der Waals surface area contributed by atoms with Crippen LogP contribution in [0.2, 0.25) is 0 Å². The van der Waals surface area contributed by atoms with Gasteiger partial charge < -0.3 is 4.90 Å². The molecule has 1 aliphatic heterocycles. The molecule has 6 nitrogen and oxygen atoms in total. The number of carbonyl (C=O) groups is 1. The zero-order valence-corrected chi connectivity index (χ0v) is 16.0. The highest BCUT2D eigenvalue weighted by Gasteiger charge is 2.24. The van der Waals surface area contributed by atoms with Gasteiger partial charge in [-0.3, -0.25) is 9.52 Å². The van der Waals surface area contributed by atoms with E-state index in [1.165, 1.54) is 17.7 Å². The van der Waals surface area contributed by atoms with E-state index >= 15 is 0 Å². The third-order valence-corrected chi connectivity index (χ3v) is 6.66. The minimum atomic E-state index is -3.72. The van der Waals surface area contributed by atoms with Gasteiger partial charge >= 0.3 is 0 Å². The number of aromatic nitrogens is 1. The van der Waals surface area contributed by atoms with Crippen LogP contribution in [0.3, 0.4) is 0 Å². The number of amides is 1. The molecule has 8 heteroatoms. The van der Waals surface area contributed by atoms with Crippen LogP contribution in [0.25, 0.3) is 0 Å². The molecule has 0 saturated heterocycles. The molecule has 2 aromatic carbocycles. The summed E-state index contributed by atoms with van der Waals surface area (Å²) in [6, 6.07) is 16.1. The third-order valence-electron chi connectivity index (χ3n) is 4.42. The minimum Gasteiger partial charge on any atom is -0.333 e. The lowest BCUT2D eigenvalue weighted by Gasteiger charge is -2.28. The maximum Gasteiger partial charge on any atom is 0.273 e. The van der Waals surface area contributed by atoms with Gasteiger partial charge in [0.1, 0.15) is 5.69 Å². The van der Waals surface area contributed by atoms with Gasteiger partial charge in [0.05, 0.1) is 4.90 Å². The van der Waals surface area contributed by atoms with Gasteiger partial charge in [-0.25, -0.2) is 13.4 Å². The Bertz CT molecular complexity index is 1080. The van der Waals surface area contributed by atoms with E-state index in [4.69, 9.17) is 0 Å². The number of anilines is 1. The smallest absolute Gasteiger partial charge is 0.273 e. The molecule has 1 aliphatic rings. The molecule has 2 heterocycles. The van der Waals surface area contributed by atoms with E-state index in [0.29, 0.717) is 13.1 Å². The van der Waals surface area contributed by atoms with Gasteiger partial charge in [-0.1, -0.05) is 42.5 Å². The van der Waals surface area contributed by atoms with Gasteiger partial charge in [0.2, 0.25) is 0 Å². The maximum atomic E-state index is 12.8. The molecule has 0 saturated carbocycles. The topological polar surface area (TPSA) is 79.4 Å². The van der Waals surface area contributed by atoms with Crippen LogP contribution >= 0.6 is 11.3 Å². The van der Waals surface area contributed by atoms with Gasteiger partial charge in [0, 0.05) is 18.5 Å². The van der Waals surface area contributed by atoms with E-state index in [1.807, 2.05) is 18.2 Å².